The maximum atomic E-state index is 13.4. The van der Waals surface area contributed by atoms with Crippen molar-refractivity contribution < 1.29 is 15.0 Å². The molecular weight excluding hydrogens is 390 g/mol. The van der Waals surface area contributed by atoms with Crippen LogP contribution in [0.5, 0.6) is 0 Å². The zero-order chi connectivity index (χ0) is 21.8. The summed E-state index contributed by atoms with van der Waals surface area (Å²) in [7, 11) is 0. The van der Waals surface area contributed by atoms with E-state index in [4.69, 9.17) is 0 Å². The van der Waals surface area contributed by atoms with Crippen LogP contribution in [-0.4, -0.2) is 52.8 Å². The molecule has 1 unspecified atom stereocenters. The van der Waals surface area contributed by atoms with Gasteiger partial charge < -0.3 is 10.2 Å². The molecule has 1 aliphatic heterocycles. The summed E-state index contributed by atoms with van der Waals surface area (Å²) in [5, 5.41) is 22.4. The maximum Gasteiger partial charge on any atom is 0.151 e. The molecule has 6 nitrogen and oxygen atoms in total. The summed E-state index contributed by atoms with van der Waals surface area (Å²) in [6.07, 6.45) is 10.7. The van der Waals surface area contributed by atoms with Crippen molar-refractivity contribution >= 4 is 5.78 Å². The summed E-state index contributed by atoms with van der Waals surface area (Å²) < 4.78 is 0. The largest absolute Gasteiger partial charge is 0.396 e. The SMILES string of the molecule is CC1CN(CC(=O)[C@H]2CC[C@H]3[C@@H]4CC[C@H]5C[C@H](O)CC[C@]5(CCO)[C@H]4CC[C@]23C)NN1. The van der Waals surface area contributed by atoms with Crippen molar-refractivity contribution in [2.24, 2.45) is 40.4 Å². The Morgan fingerprint density at radius 2 is 1.94 bits per heavy atom. The molecule has 6 heteroatoms. The van der Waals surface area contributed by atoms with E-state index in [0.29, 0.717) is 42.0 Å². The van der Waals surface area contributed by atoms with Crippen LogP contribution in [0.4, 0.5) is 0 Å². The normalized spacial score (nSPS) is 50.0. The first kappa shape index (κ1) is 22.3. The van der Waals surface area contributed by atoms with Crippen LogP contribution in [0.2, 0.25) is 0 Å². The third kappa shape index (κ3) is 3.61. The van der Waals surface area contributed by atoms with Gasteiger partial charge in [0.1, 0.15) is 0 Å². The van der Waals surface area contributed by atoms with E-state index in [-0.39, 0.29) is 29.5 Å². The Kier molecular flexibility index (Phi) is 6.00. The van der Waals surface area contributed by atoms with Crippen LogP contribution in [0.1, 0.15) is 78.1 Å². The van der Waals surface area contributed by atoms with Gasteiger partial charge in [0.25, 0.3) is 0 Å². The molecule has 5 fully saturated rings. The Morgan fingerprint density at radius 3 is 2.68 bits per heavy atom. The Morgan fingerprint density at radius 1 is 1.10 bits per heavy atom. The van der Waals surface area contributed by atoms with Crippen molar-refractivity contribution in [3.05, 3.63) is 0 Å². The fraction of sp³-hybridized carbons (Fsp3) is 0.960. The minimum atomic E-state index is -0.146. The van der Waals surface area contributed by atoms with Crippen LogP contribution < -0.4 is 11.0 Å². The van der Waals surface area contributed by atoms with Crippen molar-refractivity contribution in [2.75, 3.05) is 19.7 Å². The lowest BCUT2D eigenvalue weighted by molar-refractivity contribution is -0.149. The summed E-state index contributed by atoms with van der Waals surface area (Å²) in [6.45, 7) is 6.22. The average Bonchev–Trinajstić information content (AvgIpc) is 3.30. The number of Topliss-reactive ketones (excluding diaryl/α,β-unsaturated/α-hetero) is 1. The van der Waals surface area contributed by atoms with Crippen LogP contribution >= 0.6 is 0 Å². The molecule has 0 radical (unpaired) electrons. The number of aliphatic hydroxyl groups is 2. The Balaban J connectivity index is 1.34. The van der Waals surface area contributed by atoms with Gasteiger partial charge in [0.05, 0.1) is 12.6 Å². The highest BCUT2D eigenvalue weighted by Crippen LogP contribution is 2.68. The quantitative estimate of drug-likeness (QED) is 0.533. The van der Waals surface area contributed by atoms with Gasteiger partial charge in [0.2, 0.25) is 0 Å². The molecule has 9 atom stereocenters. The van der Waals surface area contributed by atoms with E-state index in [1.807, 2.05) is 5.01 Å². The Hall–Kier alpha value is -0.530. The topological polar surface area (TPSA) is 84.8 Å². The molecule has 31 heavy (non-hydrogen) atoms. The van der Waals surface area contributed by atoms with Crippen LogP contribution in [0.25, 0.3) is 0 Å². The highest BCUT2D eigenvalue weighted by Gasteiger charge is 2.62. The molecule has 0 spiro atoms. The molecule has 176 valence electrons. The van der Waals surface area contributed by atoms with E-state index in [1.165, 1.54) is 25.7 Å². The molecule has 4 saturated carbocycles. The molecule has 0 aromatic rings. The van der Waals surface area contributed by atoms with Gasteiger partial charge in [-0.15, -0.1) is 0 Å². The third-order valence-electron chi connectivity index (χ3n) is 10.6. The highest BCUT2D eigenvalue weighted by molar-refractivity contribution is 5.84. The molecule has 4 N–H and O–H groups in total. The lowest BCUT2D eigenvalue weighted by Crippen LogP contribution is -2.56. The molecule has 0 aromatic carbocycles. The van der Waals surface area contributed by atoms with Gasteiger partial charge in [-0.2, -0.15) is 5.53 Å². The first-order valence-electron chi connectivity index (χ1n) is 12.9. The van der Waals surface area contributed by atoms with Gasteiger partial charge in [-0.25, -0.2) is 10.4 Å². The highest BCUT2D eigenvalue weighted by atomic mass is 16.3. The van der Waals surface area contributed by atoms with Crippen LogP contribution in [-0.2, 0) is 4.79 Å². The molecular formula is C25H43N3O3. The first-order chi connectivity index (χ1) is 14.9. The second-order valence-electron chi connectivity index (χ2n) is 12.0. The van der Waals surface area contributed by atoms with E-state index in [2.05, 4.69) is 24.8 Å². The minimum Gasteiger partial charge on any atom is -0.396 e. The Bertz CT molecular complexity index is 689. The van der Waals surface area contributed by atoms with E-state index < -0.39 is 0 Å². The summed E-state index contributed by atoms with van der Waals surface area (Å²) in [4.78, 5) is 13.4. The van der Waals surface area contributed by atoms with Crippen molar-refractivity contribution in [1.82, 2.24) is 16.0 Å². The summed E-state index contributed by atoms with van der Waals surface area (Å²) in [6, 6.07) is 0.377. The van der Waals surface area contributed by atoms with E-state index in [1.54, 1.807) is 0 Å². The summed E-state index contributed by atoms with van der Waals surface area (Å²) in [5.74, 6) is 3.20. The Labute approximate surface area is 187 Å². The van der Waals surface area contributed by atoms with Gasteiger partial charge in [0, 0.05) is 25.1 Å². The van der Waals surface area contributed by atoms with Gasteiger partial charge >= 0.3 is 0 Å². The second kappa shape index (κ2) is 8.35. The van der Waals surface area contributed by atoms with E-state index >= 15 is 0 Å². The second-order valence-corrected chi connectivity index (χ2v) is 12.0. The van der Waals surface area contributed by atoms with E-state index in [9.17, 15) is 15.0 Å². The number of hydrogen-bond acceptors (Lipinski definition) is 6. The predicted molar refractivity (Wildman–Crippen MR) is 120 cm³/mol. The predicted octanol–water partition coefficient (Wildman–Crippen LogP) is 2.65. The number of fused-ring (bicyclic) bond motifs is 5. The number of nitrogens with zero attached hydrogens (tertiary/aromatic N) is 1. The van der Waals surface area contributed by atoms with Gasteiger partial charge in [-0.1, -0.05) is 6.92 Å². The zero-order valence-electron chi connectivity index (χ0n) is 19.5. The first-order valence-corrected chi connectivity index (χ1v) is 12.9. The number of carbonyl (C=O) groups is 1. The molecule has 5 aliphatic rings. The van der Waals surface area contributed by atoms with Crippen molar-refractivity contribution in [3.63, 3.8) is 0 Å². The molecule has 5 rings (SSSR count). The number of rotatable bonds is 5. The number of carbonyl (C=O) groups excluding carboxylic acids is 1. The number of aliphatic hydroxyl groups excluding tert-OH is 2. The zero-order valence-corrected chi connectivity index (χ0v) is 19.5. The van der Waals surface area contributed by atoms with Gasteiger partial charge in [0.15, 0.2) is 5.78 Å². The molecule has 0 amide bonds. The average molecular weight is 434 g/mol. The molecule has 0 bridgehead atoms. The number of hydrogen-bond donors (Lipinski definition) is 4. The van der Waals surface area contributed by atoms with Gasteiger partial charge in [-0.05, 0) is 106 Å². The standard InChI is InChI=1S/C25H43N3O3/c1-16-14-28(27-26-16)15-23(31)22-6-5-20-19-4-3-17-13-18(30)7-10-25(17,11-12-29)21(19)8-9-24(20,22)2/h16-22,26-27,29-30H,3-15H2,1-2H3/t16?,17-,18+,19-,20-,21-,22+,24-,25+/m0/s1. The summed E-state index contributed by atoms with van der Waals surface area (Å²) >= 11 is 0. The smallest absolute Gasteiger partial charge is 0.151 e. The molecule has 1 heterocycles. The number of hydrazine groups is 2. The number of ketones is 1. The van der Waals surface area contributed by atoms with Crippen LogP contribution in [0, 0.1) is 40.4 Å². The monoisotopic (exact) mass is 433 g/mol. The number of nitrogens with one attached hydrogen (secondary N) is 2. The lowest BCUT2D eigenvalue weighted by Gasteiger charge is -2.62. The maximum absolute atomic E-state index is 13.4. The molecule has 1 saturated heterocycles. The lowest BCUT2D eigenvalue weighted by atomic mass is 9.43. The molecule has 0 aromatic heterocycles. The van der Waals surface area contributed by atoms with Crippen molar-refractivity contribution in [3.8, 4) is 0 Å². The van der Waals surface area contributed by atoms with Gasteiger partial charge in [-0.3, -0.25) is 4.79 Å². The minimum absolute atomic E-state index is 0.137. The fourth-order valence-electron chi connectivity index (χ4n) is 9.29. The van der Waals surface area contributed by atoms with Crippen LogP contribution in [0.15, 0.2) is 0 Å². The van der Waals surface area contributed by atoms with Crippen molar-refractivity contribution in [1.29, 1.82) is 0 Å². The molecule has 4 aliphatic carbocycles. The van der Waals surface area contributed by atoms with E-state index in [0.717, 1.165) is 45.1 Å². The van der Waals surface area contributed by atoms with Crippen LogP contribution in [0.3, 0.4) is 0 Å². The fourth-order valence-corrected chi connectivity index (χ4v) is 9.29. The summed E-state index contributed by atoms with van der Waals surface area (Å²) in [5.41, 5.74) is 6.72. The van der Waals surface area contributed by atoms with Crippen molar-refractivity contribution in [2.45, 2.75) is 90.2 Å². The third-order valence-corrected chi connectivity index (χ3v) is 10.6.